The summed E-state index contributed by atoms with van der Waals surface area (Å²) >= 11 is 0. The van der Waals surface area contributed by atoms with Gasteiger partial charge in [-0.2, -0.15) is 0 Å². The van der Waals surface area contributed by atoms with Crippen molar-refractivity contribution >= 4 is 45.8 Å². The van der Waals surface area contributed by atoms with Gasteiger partial charge in [0.05, 0.1) is 12.5 Å². The fraction of sp³-hybridized carbons (Fsp3) is 0.533. The first-order valence-corrected chi connectivity index (χ1v) is 16.4. The SMILES string of the molecule is C/N=C/C[C@@H](/C=C/S(C)(=O)=O)NC(=O)[C@H]1CCCN1C(=O)[C@H](NC(=O)[C@H](CC(=O)O)NC(=O)OCc1ccccc1)C(C)(C)C. The highest BCUT2D eigenvalue weighted by Gasteiger charge is 2.43. The maximum absolute atomic E-state index is 13.9. The topological polar surface area (TPSA) is 201 Å². The standard InChI is InChI=1S/C30H43N5O9S/c1-30(2,3)25(34-26(38)22(18-24(36)37)33-29(41)44-19-20-10-7-6-8-11-20)28(40)35-16-9-12-23(35)27(39)32-21(13-15-31-4)14-17-45(5,42)43/h6-8,10-11,14-15,17,21-23,25H,9,12-13,16,18-19H2,1-5H3,(H,32,39)(H,33,41)(H,34,38)(H,36,37)/b17-14+,31-15+/t21-,22-,23+,25-/m0/s1. The highest BCUT2D eigenvalue weighted by atomic mass is 32.2. The van der Waals surface area contributed by atoms with Gasteiger partial charge < -0.3 is 35.7 Å². The molecule has 0 aliphatic carbocycles. The van der Waals surface area contributed by atoms with Gasteiger partial charge >= 0.3 is 12.1 Å². The molecule has 1 fully saturated rings. The summed E-state index contributed by atoms with van der Waals surface area (Å²) < 4.78 is 28.4. The van der Waals surface area contributed by atoms with Crippen LogP contribution in [-0.4, -0.2) is 98.4 Å². The molecule has 0 bridgehead atoms. The van der Waals surface area contributed by atoms with Gasteiger partial charge in [-0.1, -0.05) is 57.2 Å². The fourth-order valence-corrected chi connectivity index (χ4v) is 5.05. The van der Waals surface area contributed by atoms with Gasteiger partial charge in [-0.3, -0.25) is 19.2 Å². The zero-order valence-corrected chi connectivity index (χ0v) is 27.0. The fourth-order valence-electron chi connectivity index (χ4n) is 4.57. The minimum absolute atomic E-state index is 0.105. The van der Waals surface area contributed by atoms with E-state index in [4.69, 9.17) is 4.74 Å². The second-order valence-corrected chi connectivity index (χ2v) is 13.7. The number of amides is 4. The lowest BCUT2D eigenvalue weighted by atomic mass is 9.85. The molecule has 4 N–H and O–H groups in total. The molecular weight excluding hydrogens is 606 g/mol. The lowest BCUT2D eigenvalue weighted by molar-refractivity contribution is -0.145. The predicted molar refractivity (Wildman–Crippen MR) is 167 cm³/mol. The van der Waals surface area contributed by atoms with Gasteiger partial charge in [-0.15, -0.1) is 0 Å². The number of rotatable bonds is 14. The number of hydrogen-bond acceptors (Lipinski definition) is 9. The van der Waals surface area contributed by atoms with Crippen LogP contribution in [0, 0.1) is 5.41 Å². The number of alkyl carbamates (subject to hydrolysis) is 1. The summed E-state index contributed by atoms with van der Waals surface area (Å²) in [5.41, 5.74) is -0.193. The molecule has 1 aliphatic heterocycles. The van der Waals surface area contributed by atoms with Crippen LogP contribution in [-0.2, 0) is 40.4 Å². The molecule has 0 aromatic heterocycles. The number of sulfone groups is 1. The van der Waals surface area contributed by atoms with Crippen LogP contribution < -0.4 is 16.0 Å². The molecule has 1 aromatic rings. The third kappa shape index (κ3) is 12.7. The van der Waals surface area contributed by atoms with Crippen molar-refractivity contribution in [1.82, 2.24) is 20.9 Å². The minimum Gasteiger partial charge on any atom is -0.481 e. The van der Waals surface area contributed by atoms with E-state index in [0.717, 1.165) is 11.7 Å². The van der Waals surface area contributed by atoms with Gasteiger partial charge in [0.1, 0.15) is 24.7 Å². The number of aliphatic carboxylic acids is 1. The van der Waals surface area contributed by atoms with Crippen molar-refractivity contribution in [2.45, 2.75) is 77.2 Å². The van der Waals surface area contributed by atoms with Crippen LogP contribution >= 0.6 is 0 Å². The Morgan fingerprint density at radius 1 is 1.11 bits per heavy atom. The van der Waals surface area contributed by atoms with E-state index in [2.05, 4.69) is 20.9 Å². The van der Waals surface area contributed by atoms with Crippen LogP contribution in [0.2, 0.25) is 0 Å². The summed E-state index contributed by atoms with van der Waals surface area (Å²) in [5, 5.41) is 18.0. The smallest absolute Gasteiger partial charge is 0.408 e. The van der Waals surface area contributed by atoms with Crippen molar-refractivity contribution < 1.29 is 42.2 Å². The number of ether oxygens (including phenoxy) is 1. The minimum atomic E-state index is -3.45. The van der Waals surface area contributed by atoms with Crippen LogP contribution in [0.4, 0.5) is 4.79 Å². The molecule has 14 nitrogen and oxygen atoms in total. The number of nitrogens with zero attached hydrogens (tertiary/aromatic N) is 2. The molecule has 0 spiro atoms. The second-order valence-electron chi connectivity index (χ2n) is 11.8. The number of hydrogen-bond donors (Lipinski definition) is 4. The molecule has 45 heavy (non-hydrogen) atoms. The zero-order chi connectivity index (χ0) is 33.8. The van der Waals surface area contributed by atoms with E-state index in [-0.39, 0.29) is 19.6 Å². The Hall–Kier alpha value is -4.27. The maximum Gasteiger partial charge on any atom is 0.408 e. The van der Waals surface area contributed by atoms with Gasteiger partial charge in [0.15, 0.2) is 9.84 Å². The maximum atomic E-state index is 13.9. The van der Waals surface area contributed by atoms with E-state index in [1.807, 2.05) is 0 Å². The molecule has 0 radical (unpaired) electrons. The molecule has 0 unspecified atom stereocenters. The van der Waals surface area contributed by atoms with E-state index in [9.17, 15) is 37.5 Å². The second kappa shape index (κ2) is 16.7. The summed E-state index contributed by atoms with van der Waals surface area (Å²) in [7, 11) is -1.91. The predicted octanol–water partition coefficient (Wildman–Crippen LogP) is 1.41. The van der Waals surface area contributed by atoms with Crippen molar-refractivity contribution in [3.8, 4) is 0 Å². The van der Waals surface area contributed by atoms with E-state index in [1.165, 1.54) is 17.2 Å². The Balaban J connectivity index is 2.19. The number of nitrogens with one attached hydrogen (secondary N) is 3. The van der Waals surface area contributed by atoms with Gasteiger partial charge in [-0.25, -0.2) is 13.2 Å². The Labute approximate surface area is 263 Å². The monoisotopic (exact) mass is 649 g/mol. The molecule has 1 aromatic carbocycles. The third-order valence-corrected chi connectivity index (χ3v) is 7.52. The van der Waals surface area contributed by atoms with Gasteiger partial charge in [0.2, 0.25) is 17.7 Å². The number of carboxylic acids is 1. The highest BCUT2D eigenvalue weighted by Crippen LogP contribution is 2.26. The lowest BCUT2D eigenvalue weighted by Gasteiger charge is -2.36. The molecule has 15 heteroatoms. The lowest BCUT2D eigenvalue weighted by Crippen LogP contribution is -2.60. The van der Waals surface area contributed by atoms with Gasteiger partial charge in [0.25, 0.3) is 0 Å². The third-order valence-electron chi connectivity index (χ3n) is 6.87. The molecule has 1 aliphatic rings. The summed E-state index contributed by atoms with van der Waals surface area (Å²) in [6.45, 7) is 5.22. The van der Waals surface area contributed by atoms with E-state index in [1.54, 1.807) is 58.2 Å². The van der Waals surface area contributed by atoms with Crippen LogP contribution in [0.1, 0.15) is 52.0 Å². The number of benzene rings is 1. The van der Waals surface area contributed by atoms with E-state index in [0.29, 0.717) is 18.4 Å². The van der Waals surface area contributed by atoms with Gasteiger partial charge in [0, 0.05) is 37.9 Å². The molecule has 248 valence electrons. The zero-order valence-electron chi connectivity index (χ0n) is 26.2. The molecule has 4 atom stereocenters. The van der Waals surface area contributed by atoms with E-state index >= 15 is 0 Å². The van der Waals surface area contributed by atoms with Crippen molar-refractivity contribution in [3.63, 3.8) is 0 Å². The number of likely N-dealkylation sites (tertiary alicyclic amines) is 1. The van der Waals surface area contributed by atoms with E-state index < -0.39 is 75.6 Å². The number of carbonyl (C=O) groups is 5. The quantitative estimate of drug-likeness (QED) is 0.215. The number of carboxylic acid groups (broad SMARTS) is 1. The average molecular weight is 650 g/mol. The number of aliphatic imine (C=N–C) groups is 1. The molecule has 1 heterocycles. The molecule has 4 amide bonds. The van der Waals surface area contributed by atoms with Gasteiger partial charge in [-0.05, 0) is 23.8 Å². The first-order chi connectivity index (χ1) is 21.0. The summed E-state index contributed by atoms with van der Waals surface area (Å²) in [6, 6.07) is 4.42. The highest BCUT2D eigenvalue weighted by molar-refractivity contribution is 7.93. The van der Waals surface area contributed by atoms with Crippen molar-refractivity contribution in [2.75, 3.05) is 19.8 Å². The first kappa shape index (κ1) is 36.9. The normalized spacial score (nSPS) is 17.4. The molecular formula is C30H43N5O9S. The Morgan fingerprint density at radius 3 is 2.36 bits per heavy atom. The Morgan fingerprint density at radius 2 is 1.78 bits per heavy atom. The summed E-state index contributed by atoms with van der Waals surface area (Å²) in [6.07, 6.45) is 3.18. The Kier molecular flexibility index (Phi) is 13.7. The molecule has 0 saturated carbocycles. The summed E-state index contributed by atoms with van der Waals surface area (Å²) in [4.78, 5) is 69.7. The Bertz CT molecular complexity index is 1370. The van der Waals surface area contributed by atoms with Crippen LogP contribution in [0.5, 0.6) is 0 Å². The van der Waals surface area contributed by atoms with Crippen LogP contribution in [0.25, 0.3) is 0 Å². The van der Waals surface area contributed by atoms with Crippen LogP contribution in [0.3, 0.4) is 0 Å². The average Bonchev–Trinajstić information content (AvgIpc) is 3.45. The molecule has 2 rings (SSSR count). The summed E-state index contributed by atoms with van der Waals surface area (Å²) in [5.74, 6) is -3.33. The first-order valence-electron chi connectivity index (χ1n) is 14.4. The van der Waals surface area contributed by atoms with Crippen molar-refractivity contribution in [3.05, 3.63) is 47.4 Å². The largest absolute Gasteiger partial charge is 0.481 e. The molecule has 1 saturated heterocycles. The van der Waals surface area contributed by atoms with Crippen molar-refractivity contribution in [1.29, 1.82) is 0 Å². The number of carbonyl (C=O) groups excluding carboxylic acids is 4. The van der Waals surface area contributed by atoms with Crippen molar-refractivity contribution in [2.24, 2.45) is 10.4 Å². The van der Waals surface area contributed by atoms with Crippen LogP contribution in [0.15, 0.2) is 46.8 Å².